The molecule has 114 valence electrons. The van der Waals surface area contributed by atoms with E-state index in [0.717, 1.165) is 17.7 Å². The molecule has 1 fully saturated rings. The van der Waals surface area contributed by atoms with Crippen LogP contribution in [0.25, 0.3) is 0 Å². The fraction of sp³-hybridized carbons (Fsp3) is 0.533. The molecule has 1 saturated heterocycles. The maximum absolute atomic E-state index is 12.7. The molecule has 6 heteroatoms. The molecule has 1 amide bonds. The third-order valence-electron chi connectivity index (χ3n) is 4.33. The van der Waals surface area contributed by atoms with Crippen molar-refractivity contribution < 1.29 is 13.2 Å². The quantitative estimate of drug-likeness (QED) is 0.838. The van der Waals surface area contributed by atoms with E-state index in [9.17, 15) is 13.2 Å². The number of carbonyl (C=O) groups is 1. The first kappa shape index (κ1) is 14.4. The SMILES string of the molecule is CC1CS(=O)(=O)CCN1C(=O)C1CNc2ccccc2C1. The van der Waals surface area contributed by atoms with Gasteiger partial charge in [0.1, 0.15) is 0 Å². The van der Waals surface area contributed by atoms with Gasteiger partial charge in [0.25, 0.3) is 0 Å². The van der Waals surface area contributed by atoms with Crippen LogP contribution in [0.4, 0.5) is 5.69 Å². The maximum atomic E-state index is 12.7. The van der Waals surface area contributed by atoms with Gasteiger partial charge in [-0.1, -0.05) is 18.2 Å². The summed E-state index contributed by atoms with van der Waals surface area (Å²) in [5, 5.41) is 3.30. The number of amides is 1. The first-order chi connectivity index (χ1) is 9.96. The van der Waals surface area contributed by atoms with E-state index in [1.165, 1.54) is 0 Å². The topological polar surface area (TPSA) is 66.5 Å². The lowest BCUT2D eigenvalue weighted by molar-refractivity contribution is -0.136. The van der Waals surface area contributed by atoms with Gasteiger partial charge < -0.3 is 10.2 Å². The lowest BCUT2D eigenvalue weighted by Crippen LogP contribution is -2.53. The van der Waals surface area contributed by atoms with Crippen LogP contribution in [-0.2, 0) is 21.1 Å². The second kappa shape index (κ2) is 5.33. The van der Waals surface area contributed by atoms with E-state index in [2.05, 4.69) is 5.32 Å². The fourth-order valence-corrected chi connectivity index (χ4v) is 4.73. The van der Waals surface area contributed by atoms with Gasteiger partial charge >= 0.3 is 0 Å². The molecule has 5 nitrogen and oxygen atoms in total. The predicted molar refractivity (Wildman–Crippen MR) is 82.0 cm³/mol. The van der Waals surface area contributed by atoms with Crippen LogP contribution in [0.3, 0.4) is 0 Å². The lowest BCUT2D eigenvalue weighted by Gasteiger charge is -2.37. The summed E-state index contributed by atoms with van der Waals surface area (Å²) in [6.07, 6.45) is 0.720. The van der Waals surface area contributed by atoms with Crippen LogP contribution in [-0.4, -0.2) is 49.9 Å². The molecule has 21 heavy (non-hydrogen) atoms. The van der Waals surface area contributed by atoms with Crippen molar-refractivity contribution in [2.75, 3.05) is 29.9 Å². The molecule has 1 N–H and O–H groups in total. The van der Waals surface area contributed by atoms with E-state index < -0.39 is 9.84 Å². The van der Waals surface area contributed by atoms with E-state index in [-0.39, 0.29) is 29.4 Å². The Morgan fingerprint density at radius 1 is 1.33 bits per heavy atom. The second-order valence-electron chi connectivity index (χ2n) is 5.93. The Morgan fingerprint density at radius 2 is 2.10 bits per heavy atom. The average Bonchev–Trinajstić information content (AvgIpc) is 2.45. The Hall–Kier alpha value is -1.56. The molecule has 1 aromatic rings. The number of hydrogen-bond donors (Lipinski definition) is 1. The van der Waals surface area contributed by atoms with Crippen LogP contribution in [0.2, 0.25) is 0 Å². The Kier molecular flexibility index (Phi) is 3.65. The molecule has 1 aromatic carbocycles. The van der Waals surface area contributed by atoms with Gasteiger partial charge in [0.05, 0.1) is 17.4 Å². The van der Waals surface area contributed by atoms with E-state index in [4.69, 9.17) is 0 Å². The number of nitrogens with one attached hydrogen (secondary N) is 1. The molecule has 2 heterocycles. The number of fused-ring (bicyclic) bond motifs is 1. The van der Waals surface area contributed by atoms with Crippen LogP contribution >= 0.6 is 0 Å². The molecule has 2 aliphatic heterocycles. The Balaban J connectivity index is 1.72. The number of benzene rings is 1. The van der Waals surface area contributed by atoms with E-state index in [0.29, 0.717) is 13.1 Å². The zero-order chi connectivity index (χ0) is 15.0. The second-order valence-corrected chi connectivity index (χ2v) is 8.16. The molecule has 0 spiro atoms. The summed E-state index contributed by atoms with van der Waals surface area (Å²) < 4.78 is 23.2. The number of hydrogen-bond acceptors (Lipinski definition) is 4. The van der Waals surface area contributed by atoms with Crippen molar-refractivity contribution in [1.29, 1.82) is 0 Å². The van der Waals surface area contributed by atoms with Crippen molar-refractivity contribution in [3.05, 3.63) is 29.8 Å². The van der Waals surface area contributed by atoms with Crippen molar-refractivity contribution in [1.82, 2.24) is 4.90 Å². The van der Waals surface area contributed by atoms with E-state index in [1.54, 1.807) is 4.90 Å². The molecule has 0 radical (unpaired) electrons. The molecule has 2 aliphatic rings. The summed E-state index contributed by atoms with van der Waals surface area (Å²) in [6, 6.07) is 7.78. The van der Waals surface area contributed by atoms with Crippen LogP contribution in [0.5, 0.6) is 0 Å². The lowest BCUT2D eigenvalue weighted by atomic mass is 9.92. The highest BCUT2D eigenvalue weighted by Crippen LogP contribution is 2.26. The van der Waals surface area contributed by atoms with E-state index >= 15 is 0 Å². The minimum atomic E-state index is -2.99. The summed E-state index contributed by atoms with van der Waals surface area (Å²) >= 11 is 0. The highest BCUT2D eigenvalue weighted by molar-refractivity contribution is 7.91. The molecule has 0 bridgehead atoms. The van der Waals surface area contributed by atoms with Crippen LogP contribution in [0.15, 0.2) is 24.3 Å². The highest BCUT2D eigenvalue weighted by Gasteiger charge is 2.35. The van der Waals surface area contributed by atoms with Crippen molar-refractivity contribution in [3.63, 3.8) is 0 Å². The highest BCUT2D eigenvalue weighted by atomic mass is 32.2. The van der Waals surface area contributed by atoms with Gasteiger partial charge in [-0.25, -0.2) is 8.42 Å². The largest absolute Gasteiger partial charge is 0.384 e. The monoisotopic (exact) mass is 308 g/mol. The van der Waals surface area contributed by atoms with Crippen molar-refractivity contribution in [2.24, 2.45) is 5.92 Å². The minimum absolute atomic E-state index is 0.0689. The van der Waals surface area contributed by atoms with E-state index in [1.807, 2.05) is 31.2 Å². The van der Waals surface area contributed by atoms with Crippen LogP contribution in [0, 0.1) is 5.92 Å². The number of para-hydroxylation sites is 1. The zero-order valence-corrected chi connectivity index (χ0v) is 12.9. The normalized spacial score (nSPS) is 27.6. The summed E-state index contributed by atoms with van der Waals surface area (Å²) in [5.74, 6) is 0.123. The summed E-state index contributed by atoms with van der Waals surface area (Å²) in [5.41, 5.74) is 2.25. The van der Waals surface area contributed by atoms with Gasteiger partial charge in [0, 0.05) is 24.8 Å². The predicted octanol–water partition coefficient (Wildman–Crippen LogP) is 0.916. The molecule has 0 saturated carbocycles. The molecular formula is C15H20N2O3S. The first-order valence-corrected chi connectivity index (χ1v) is 9.11. The third-order valence-corrected chi connectivity index (χ3v) is 6.12. The van der Waals surface area contributed by atoms with Crippen molar-refractivity contribution >= 4 is 21.4 Å². The number of sulfone groups is 1. The summed E-state index contributed by atoms with van der Waals surface area (Å²) in [4.78, 5) is 14.4. The smallest absolute Gasteiger partial charge is 0.228 e. The average molecular weight is 308 g/mol. The van der Waals surface area contributed by atoms with Gasteiger partial charge in [-0.15, -0.1) is 0 Å². The summed E-state index contributed by atoms with van der Waals surface area (Å²) in [7, 11) is -2.99. The number of anilines is 1. The molecule has 0 aliphatic carbocycles. The zero-order valence-electron chi connectivity index (χ0n) is 12.1. The van der Waals surface area contributed by atoms with Gasteiger partial charge in [-0.2, -0.15) is 0 Å². The first-order valence-electron chi connectivity index (χ1n) is 7.29. The fourth-order valence-electron chi connectivity index (χ4n) is 3.18. The molecular weight excluding hydrogens is 288 g/mol. The van der Waals surface area contributed by atoms with Gasteiger partial charge in [-0.3, -0.25) is 4.79 Å². The Labute approximate surface area is 125 Å². The molecule has 0 aromatic heterocycles. The maximum Gasteiger partial charge on any atom is 0.228 e. The number of rotatable bonds is 1. The summed E-state index contributed by atoms with van der Waals surface area (Å²) in [6.45, 7) is 2.76. The van der Waals surface area contributed by atoms with Crippen molar-refractivity contribution in [3.8, 4) is 0 Å². The molecule has 2 unspecified atom stereocenters. The van der Waals surface area contributed by atoms with Crippen molar-refractivity contribution in [2.45, 2.75) is 19.4 Å². The minimum Gasteiger partial charge on any atom is -0.384 e. The Morgan fingerprint density at radius 3 is 2.86 bits per heavy atom. The van der Waals surface area contributed by atoms with Crippen LogP contribution < -0.4 is 5.32 Å². The van der Waals surface area contributed by atoms with Gasteiger partial charge in [0.15, 0.2) is 9.84 Å². The Bertz CT molecular complexity index is 657. The molecule has 3 rings (SSSR count). The third kappa shape index (κ3) is 2.90. The number of carbonyl (C=O) groups excluding carboxylic acids is 1. The molecule has 2 atom stereocenters. The van der Waals surface area contributed by atoms with Gasteiger partial charge in [0.2, 0.25) is 5.91 Å². The van der Waals surface area contributed by atoms with Crippen LogP contribution in [0.1, 0.15) is 12.5 Å². The standard InChI is InChI=1S/C15H20N2O3S/c1-11-10-21(19,20)7-6-17(11)15(18)13-8-12-4-2-3-5-14(12)16-9-13/h2-5,11,13,16H,6-10H2,1H3. The van der Waals surface area contributed by atoms with Gasteiger partial charge in [-0.05, 0) is 25.0 Å². The number of nitrogens with zero attached hydrogens (tertiary/aromatic N) is 1.